The summed E-state index contributed by atoms with van der Waals surface area (Å²) in [6.07, 6.45) is 0. The maximum Gasteiger partial charge on any atom is 0.198 e. The maximum atomic E-state index is 5.93. The summed E-state index contributed by atoms with van der Waals surface area (Å²) < 4.78 is 0. The van der Waals surface area contributed by atoms with E-state index in [-0.39, 0.29) is 0 Å². The molecule has 0 saturated carbocycles. The Morgan fingerprint density at radius 3 is 2.20 bits per heavy atom. The second-order valence-electron chi connectivity index (χ2n) is 4.72. The molecule has 20 heavy (non-hydrogen) atoms. The van der Waals surface area contributed by atoms with E-state index in [1.807, 2.05) is 24.3 Å². The minimum atomic E-state index is 0.408. The molecule has 0 radical (unpaired) electrons. The van der Waals surface area contributed by atoms with Gasteiger partial charge >= 0.3 is 0 Å². The van der Waals surface area contributed by atoms with E-state index < -0.39 is 0 Å². The van der Waals surface area contributed by atoms with Crippen LogP contribution in [0.25, 0.3) is 22.5 Å². The number of hydrogen-bond acceptors (Lipinski definition) is 2. The third-order valence-corrected chi connectivity index (χ3v) is 3.43. The van der Waals surface area contributed by atoms with Gasteiger partial charge in [0.25, 0.3) is 0 Å². The van der Waals surface area contributed by atoms with Crippen molar-refractivity contribution in [2.24, 2.45) is 0 Å². The average Bonchev–Trinajstić information content (AvgIpc) is 2.82. The molecule has 3 N–H and O–H groups in total. The van der Waals surface area contributed by atoms with Crippen LogP contribution >= 0.6 is 11.6 Å². The normalized spacial score (nSPS) is 10.7. The topological polar surface area (TPSA) is 54.7 Å². The predicted octanol–water partition coefficient (Wildman–Crippen LogP) is 4.29. The standard InChI is InChI=1S/C16H14ClN3/c1-10-2-4-11(5-3-10)14-15(20-16(18)19-14)12-6-8-13(17)9-7-12/h2-9H,1H3,(H3,18,19,20). The van der Waals surface area contributed by atoms with Crippen molar-refractivity contribution < 1.29 is 0 Å². The molecule has 0 atom stereocenters. The predicted molar refractivity (Wildman–Crippen MR) is 83.6 cm³/mol. The lowest BCUT2D eigenvalue weighted by Gasteiger charge is -2.04. The summed E-state index contributed by atoms with van der Waals surface area (Å²) in [6.45, 7) is 2.06. The van der Waals surface area contributed by atoms with E-state index in [9.17, 15) is 0 Å². The fraction of sp³-hybridized carbons (Fsp3) is 0.0625. The Kier molecular flexibility index (Phi) is 3.20. The van der Waals surface area contributed by atoms with Crippen LogP contribution in [0, 0.1) is 6.92 Å². The monoisotopic (exact) mass is 283 g/mol. The second-order valence-corrected chi connectivity index (χ2v) is 5.16. The summed E-state index contributed by atoms with van der Waals surface area (Å²) in [6, 6.07) is 15.8. The Hall–Kier alpha value is -2.26. The summed E-state index contributed by atoms with van der Waals surface area (Å²) in [4.78, 5) is 7.52. The number of nitrogens with one attached hydrogen (secondary N) is 1. The van der Waals surface area contributed by atoms with Crippen LogP contribution in [0.1, 0.15) is 5.56 Å². The SMILES string of the molecule is Cc1ccc(-c2[nH]c(N)nc2-c2ccc(Cl)cc2)cc1. The molecule has 0 aliphatic rings. The van der Waals surface area contributed by atoms with Crippen LogP contribution in [0.15, 0.2) is 48.5 Å². The number of halogens is 1. The van der Waals surface area contributed by atoms with E-state index in [4.69, 9.17) is 17.3 Å². The first-order chi connectivity index (χ1) is 9.63. The van der Waals surface area contributed by atoms with Crippen molar-refractivity contribution in [3.63, 3.8) is 0 Å². The Morgan fingerprint density at radius 1 is 0.950 bits per heavy atom. The first kappa shape index (κ1) is 12.8. The highest BCUT2D eigenvalue weighted by Crippen LogP contribution is 2.31. The molecule has 1 heterocycles. The van der Waals surface area contributed by atoms with E-state index in [1.54, 1.807) is 0 Å². The molecule has 0 aliphatic carbocycles. The van der Waals surface area contributed by atoms with Crippen molar-refractivity contribution in [2.75, 3.05) is 5.73 Å². The molecule has 0 unspecified atom stereocenters. The summed E-state index contributed by atoms with van der Waals surface area (Å²) in [5.41, 5.74) is 10.8. The van der Waals surface area contributed by atoms with E-state index in [1.165, 1.54) is 5.56 Å². The quantitative estimate of drug-likeness (QED) is 0.737. The number of imidazole rings is 1. The molecule has 1 aromatic heterocycles. The third-order valence-electron chi connectivity index (χ3n) is 3.18. The van der Waals surface area contributed by atoms with Crippen LogP contribution < -0.4 is 5.73 Å². The Bertz CT molecular complexity index is 664. The molecule has 0 bridgehead atoms. The summed E-state index contributed by atoms with van der Waals surface area (Å²) in [7, 11) is 0. The lowest BCUT2D eigenvalue weighted by Crippen LogP contribution is -1.85. The first-order valence-corrected chi connectivity index (χ1v) is 6.70. The fourth-order valence-corrected chi connectivity index (χ4v) is 2.26. The van der Waals surface area contributed by atoms with Gasteiger partial charge < -0.3 is 10.7 Å². The number of aromatic amines is 1. The number of nitrogens with two attached hydrogens (primary N) is 1. The Balaban J connectivity index is 2.12. The van der Waals surface area contributed by atoms with Crippen molar-refractivity contribution in [1.29, 1.82) is 0 Å². The lowest BCUT2D eigenvalue weighted by atomic mass is 10.0. The Labute approximate surface area is 122 Å². The molecule has 0 aliphatic heterocycles. The van der Waals surface area contributed by atoms with Gasteiger partial charge in [-0.1, -0.05) is 53.6 Å². The van der Waals surface area contributed by atoms with Gasteiger partial charge in [-0.25, -0.2) is 4.98 Å². The van der Waals surface area contributed by atoms with E-state index in [2.05, 4.69) is 41.2 Å². The number of nitrogen functional groups attached to an aromatic ring is 1. The molecule has 3 aromatic rings. The molecular formula is C16H14ClN3. The van der Waals surface area contributed by atoms with Gasteiger partial charge in [-0.3, -0.25) is 0 Å². The lowest BCUT2D eigenvalue weighted by molar-refractivity contribution is 1.32. The number of anilines is 1. The van der Waals surface area contributed by atoms with Gasteiger partial charge in [0.2, 0.25) is 0 Å². The van der Waals surface area contributed by atoms with Crippen molar-refractivity contribution in [2.45, 2.75) is 6.92 Å². The largest absolute Gasteiger partial charge is 0.369 e. The zero-order valence-corrected chi connectivity index (χ0v) is 11.8. The first-order valence-electron chi connectivity index (χ1n) is 6.32. The number of nitrogens with zero attached hydrogens (tertiary/aromatic N) is 1. The average molecular weight is 284 g/mol. The van der Waals surface area contributed by atoms with Crippen molar-refractivity contribution in [3.05, 3.63) is 59.1 Å². The highest BCUT2D eigenvalue weighted by molar-refractivity contribution is 6.30. The summed E-state index contributed by atoms with van der Waals surface area (Å²) in [5, 5.41) is 0.703. The van der Waals surface area contributed by atoms with Crippen LogP contribution in [0.5, 0.6) is 0 Å². The van der Waals surface area contributed by atoms with Gasteiger partial charge in [0, 0.05) is 16.1 Å². The number of H-pyrrole nitrogens is 1. The highest BCUT2D eigenvalue weighted by Gasteiger charge is 2.12. The second kappa shape index (κ2) is 5.02. The molecule has 3 rings (SSSR count). The molecule has 4 heteroatoms. The van der Waals surface area contributed by atoms with Crippen LogP contribution in [-0.2, 0) is 0 Å². The van der Waals surface area contributed by atoms with Gasteiger partial charge in [0.15, 0.2) is 5.95 Å². The van der Waals surface area contributed by atoms with Crippen molar-refractivity contribution >= 4 is 17.5 Å². The summed E-state index contributed by atoms with van der Waals surface area (Å²) in [5.74, 6) is 0.408. The molecule has 0 amide bonds. The molecule has 0 saturated heterocycles. The van der Waals surface area contributed by atoms with Gasteiger partial charge in [-0.15, -0.1) is 0 Å². The van der Waals surface area contributed by atoms with Crippen LogP contribution in [-0.4, -0.2) is 9.97 Å². The number of hydrogen-bond donors (Lipinski definition) is 2. The van der Waals surface area contributed by atoms with E-state index in [0.29, 0.717) is 11.0 Å². The zero-order chi connectivity index (χ0) is 14.1. The van der Waals surface area contributed by atoms with Gasteiger partial charge in [0.1, 0.15) is 0 Å². The zero-order valence-electron chi connectivity index (χ0n) is 11.0. The van der Waals surface area contributed by atoms with E-state index >= 15 is 0 Å². The molecule has 3 nitrogen and oxygen atoms in total. The van der Waals surface area contributed by atoms with Crippen molar-refractivity contribution in [1.82, 2.24) is 9.97 Å². The number of benzene rings is 2. The van der Waals surface area contributed by atoms with Crippen LogP contribution in [0.3, 0.4) is 0 Å². The summed E-state index contributed by atoms with van der Waals surface area (Å²) >= 11 is 5.93. The highest BCUT2D eigenvalue weighted by atomic mass is 35.5. The number of aryl methyl sites for hydroxylation is 1. The maximum absolute atomic E-state index is 5.93. The molecular weight excluding hydrogens is 270 g/mol. The van der Waals surface area contributed by atoms with Crippen molar-refractivity contribution in [3.8, 4) is 22.5 Å². The van der Waals surface area contributed by atoms with Crippen LogP contribution in [0.4, 0.5) is 5.95 Å². The minimum absolute atomic E-state index is 0.408. The fourth-order valence-electron chi connectivity index (χ4n) is 2.14. The smallest absolute Gasteiger partial charge is 0.198 e. The molecule has 2 aromatic carbocycles. The van der Waals surface area contributed by atoms with Gasteiger partial charge in [-0.05, 0) is 19.1 Å². The number of rotatable bonds is 2. The molecule has 100 valence electrons. The Morgan fingerprint density at radius 2 is 1.55 bits per heavy atom. The van der Waals surface area contributed by atoms with Gasteiger partial charge in [-0.2, -0.15) is 0 Å². The molecule has 0 fully saturated rings. The minimum Gasteiger partial charge on any atom is -0.369 e. The van der Waals surface area contributed by atoms with Crippen LogP contribution in [0.2, 0.25) is 5.02 Å². The van der Waals surface area contributed by atoms with Gasteiger partial charge in [0.05, 0.1) is 11.4 Å². The van der Waals surface area contributed by atoms with E-state index in [0.717, 1.165) is 22.5 Å². The number of aromatic nitrogens is 2. The third kappa shape index (κ3) is 2.40. The molecule has 0 spiro atoms.